The molecule has 27 heavy (non-hydrogen) atoms. The van der Waals surface area contributed by atoms with Crippen LogP contribution in [0.2, 0.25) is 0 Å². The van der Waals surface area contributed by atoms with E-state index in [9.17, 15) is 14.4 Å². The number of carbonyl (C=O) groups is 3. The molecule has 0 unspecified atom stereocenters. The van der Waals surface area contributed by atoms with E-state index in [1.807, 2.05) is 19.9 Å². The van der Waals surface area contributed by atoms with Gasteiger partial charge in [-0.1, -0.05) is 28.1 Å². The molecular formula is C20H17BrN2O4. The summed E-state index contributed by atoms with van der Waals surface area (Å²) >= 11 is 3.37. The Balaban J connectivity index is 2.06. The molecule has 0 saturated carbocycles. The molecule has 138 valence electrons. The molecule has 4 amide bonds. The van der Waals surface area contributed by atoms with E-state index in [2.05, 4.69) is 21.2 Å². The average molecular weight is 429 g/mol. The van der Waals surface area contributed by atoms with Gasteiger partial charge in [-0.3, -0.25) is 14.9 Å². The second-order valence-electron chi connectivity index (χ2n) is 5.91. The first kappa shape index (κ1) is 18.8. The molecule has 3 rings (SSSR count). The Kier molecular flexibility index (Phi) is 5.41. The lowest BCUT2D eigenvalue weighted by Gasteiger charge is -2.26. The van der Waals surface area contributed by atoms with Crippen molar-refractivity contribution in [1.82, 2.24) is 5.32 Å². The van der Waals surface area contributed by atoms with Gasteiger partial charge in [0, 0.05) is 10.0 Å². The quantitative estimate of drug-likeness (QED) is 0.592. The molecule has 7 heteroatoms. The van der Waals surface area contributed by atoms with Gasteiger partial charge in [-0.2, -0.15) is 0 Å². The second-order valence-corrected chi connectivity index (χ2v) is 6.83. The normalized spacial score (nSPS) is 15.9. The van der Waals surface area contributed by atoms with E-state index in [1.54, 1.807) is 36.4 Å². The number of nitrogens with one attached hydrogen (secondary N) is 1. The van der Waals surface area contributed by atoms with E-state index in [1.165, 1.54) is 6.08 Å². The lowest BCUT2D eigenvalue weighted by Crippen LogP contribution is -2.54. The van der Waals surface area contributed by atoms with Crippen LogP contribution in [0.3, 0.4) is 0 Å². The van der Waals surface area contributed by atoms with Gasteiger partial charge in [-0.05, 0) is 55.8 Å². The first-order valence-corrected chi connectivity index (χ1v) is 9.10. The summed E-state index contributed by atoms with van der Waals surface area (Å²) in [5.41, 5.74) is 1.70. The summed E-state index contributed by atoms with van der Waals surface area (Å²) in [4.78, 5) is 38.5. The molecule has 0 bridgehead atoms. The number of halogens is 1. The number of hydrogen-bond donors (Lipinski definition) is 1. The zero-order chi connectivity index (χ0) is 19.6. The predicted octanol–water partition coefficient (Wildman–Crippen LogP) is 3.82. The molecule has 2 aromatic carbocycles. The third-order valence-electron chi connectivity index (χ3n) is 3.93. The Bertz CT molecular complexity index is 968. The molecule has 1 aliphatic heterocycles. The zero-order valence-electron chi connectivity index (χ0n) is 14.8. The maximum atomic E-state index is 12.9. The van der Waals surface area contributed by atoms with Crippen molar-refractivity contribution in [1.29, 1.82) is 0 Å². The Labute approximate surface area is 164 Å². The zero-order valence-corrected chi connectivity index (χ0v) is 16.4. The summed E-state index contributed by atoms with van der Waals surface area (Å²) in [5, 5.41) is 2.22. The maximum Gasteiger partial charge on any atom is 0.335 e. The van der Waals surface area contributed by atoms with Crippen LogP contribution in [0.4, 0.5) is 10.5 Å². The van der Waals surface area contributed by atoms with Crippen LogP contribution in [-0.4, -0.2) is 24.5 Å². The minimum Gasteiger partial charge on any atom is -0.493 e. The third-order valence-corrected chi connectivity index (χ3v) is 4.43. The van der Waals surface area contributed by atoms with Gasteiger partial charge in [0.05, 0.1) is 12.3 Å². The minimum atomic E-state index is -0.771. The van der Waals surface area contributed by atoms with Crippen LogP contribution in [0, 0.1) is 6.92 Å². The first-order valence-electron chi connectivity index (χ1n) is 8.31. The number of barbiturate groups is 1. The van der Waals surface area contributed by atoms with Crippen LogP contribution in [0.5, 0.6) is 5.75 Å². The Morgan fingerprint density at radius 1 is 1.15 bits per heavy atom. The number of ether oxygens (including phenoxy) is 1. The summed E-state index contributed by atoms with van der Waals surface area (Å²) in [6, 6.07) is 11.5. The monoisotopic (exact) mass is 428 g/mol. The number of anilines is 1. The molecule has 1 heterocycles. The highest BCUT2D eigenvalue weighted by Crippen LogP contribution is 2.28. The van der Waals surface area contributed by atoms with Crippen LogP contribution in [0.1, 0.15) is 18.1 Å². The number of benzene rings is 2. The van der Waals surface area contributed by atoms with Gasteiger partial charge in [-0.15, -0.1) is 0 Å². The van der Waals surface area contributed by atoms with Crippen molar-refractivity contribution in [2.24, 2.45) is 0 Å². The molecule has 0 aliphatic carbocycles. The number of urea groups is 1. The van der Waals surface area contributed by atoms with Crippen molar-refractivity contribution in [2.45, 2.75) is 13.8 Å². The predicted molar refractivity (Wildman–Crippen MR) is 105 cm³/mol. The topological polar surface area (TPSA) is 75.7 Å². The number of carbonyl (C=O) groups excluding carboxylic acids is 3. The maximum absolute atomic E-state index is 12.9. The van der Waals surface area contributed by atoms with Crippen LogP contribution in [0.15, 0.2) is 52.5 Å². The number of hydrogen-bond acceptors (Lipinski definition) is 4. The number of imide groups is 2. The van der Waals surface area contributed by atoms with E-state index < -0.39 is 17.8 Å². The largest absolute Gasteiger partial charge is 0.493 e. The van der Waals surface area contributed by atoms with Crippen LogP contribution >= 0.6 is 15.9 Å². The highest BCUT2D eigenvalue weighted by atomic mass is 79.9. The molecule has 1 N–H and O–H groups in total. The number of nitrogens with zero attached hydrogens (tertiary/aromatic N) is 1. The molecule has 1 aliphatic rings. The molecule has 0 aromatic heterocycles. The fraction of sp³-hybridized carbons (Fsp3) is 0.150. The number of amides is 4. The van der Waals surface area contributed by atoms with E-state index in [0.29, 0.717) is 23.6 Å². The van der Waals surface area contributed by atoms with Crippen LogP contribution in [0.25, 0.3) is 6.08 Å². The van der Waals surface area contributed by atoms with Gasteiger partial charge in [0.25, 0.3) is 11.8 Å². The Morgan fingerprint density at radius 2 is 1.93 bits per heavy atom. The fourth-order valence-corrected chi connectivity index (χ4v) is 3.11. The Hall–Kier alpha value is -2.93. The highest BCUT2D eigenvalue weighted by molar-refractivity contribution is 9.10. The molecule has 6 nitrogen and oxygen atoms in total. The SMILES string of the molecule is CCOc1ccc(Br)cc1/C=C1/C(=O)NC(=O)N(c2cccc(C)c2)C1=O. The van der Waals surface area contributed by atoms with Gasteiger partial charge in [0.1, 0.15) is 11.3 Å². The molecule has 1 saturated heterocycles. The van der Waals surface area contributed by atoms with Crippen molar-refractivity contribution in [2.75, 3.05) is 11.5 Å². The lowest BCUT2D eigenvalue weighted by molar-refractivity contribution is -0.122. The molecular weight excluding hydrogens is 412 g/mol. The summed E-state index contributed by atoms with van der Waals surface area (Å²) in [5.74, 6) is -0.888. The van der Waals surface area contributed by atoms with E-state index >= 15 is 0 Å². The lowest BCUT2D eigenvalue weighted by atomic mass is 10.1. The van der Waals surface area contributed by atoms with Crippen LogP contribution in [-0.2, 0) is 9.59 Å². The molecule has 0 atom stereocenters. The summed E-state index contributed by atoms with van der Waals surface area (Å²) < 4.78 is 6.33. The van der Waals surface area contributed by atoms with Gasteiger partial charge >= 0.3 is 6.03 Å². The van der Waals surface area contributed by atoms with Crippen LogP contribution < -0.4 is 15.0 Å². The molecule has 2 aromatic rings. The Morgan fingerprint density at radius 3 is 2.63 bits per heavy atom. The van der Waals surface area contributed by atoms with Gasteiger partial charge in [-0.25, -0.2) is 9.69 Å². The second kappa shape index (κ2) is 7.75. The van der Waals surface area contributed by atoms with Gasteiger partial charge < -0.3 is 4.74 Å². The number of aryl methyl sites for hydroxylation is 1. The van der Waals surface area contributed by atoms with Crippen molar-refractivity contribution < 1.29 is 19.1 Å². The molecule has 1 fully saturated rings. The smallest absolute Gasteiger partial charge is 0.335 e. The van der Waals surface area contributed by atoms with Gasteiger partial charge in [0.2, 0.25) is 0 Å². The van der Waals surface area contributed by atoms with Crippen molar-refractivity contribution in [3.63, 3.8) is 0 Å². The molecule has 0 radical (unpaired) electrons. The summed E-state index contributed by atoms with van der Waals surface area (Å²) in [7, 11) is 0. The minimum absolute atomic E-state index is 0.143. The third kappa shape index (κ3) is 3.93. The van der Waals surface area contributed by atoms with Crippen molar-refractivity contribution in [3.05, 3.63) is 63.6 Å². The molecule has 0 spiro atoms. The van der Waals surface area contributed by atoms with E-state index in [0.717, 1.165) is 14.9 Å². The van der Waals surface area contributed by atoms with Crippen molar-refractivity contribution >= 4 is 45.5 Å². The van der Waals surface area contributed by atoms with Gasteiger partial charge in [0.15, 0.2) is 0 Å². The first-order chi connectivity index (χ1) is 12.9. The van der Waals surface area contributed by atoms with E-state index in [4.69, 9.17) is 4.74 Å². The average Bonchev–Trinajstić information content (AvgIpc) is 2.61. The fourth-order valence-electron chi connectivity index (χ4n) is 2.73. The standard InChI is InChI=1S/C20H17BrN2O4/c1-3-27-17-8-7-14(21)10-13(17)11-16-18(24)22-20(26)23(19(16)25)15-6-4-5-12(2)9-15/h4-11H,3H2,1-2H3,(H,22,24,26)/b16-11-. The van der Waals surface area contributed by atoms with Crippen molar-refractivity contribution in [3.8, 4) is 5.75 Å². The highest BCUT2D eigenvalue weighted by Gasteiger charge is 2.37. The van der Waals surface area contributed by atoms with E-state index in [-0.39, 0.29) is 5.57 Å². The summed E-state index contributed by atoms with van der Waals surface area (Å²) in [6.45, 7) is 4.13. The summed E-state index contributed by atoms with van der Waals surface area (Å²) in [6.07, 6.45) is 1.43. The number of rotatable bonds is 4.